The lowest BCUT2D eigenvalue weighted by atomic mass is 9.72. The third kappa shape index (κ3) is 3.98. The minimum Gasteiger partial charge on any atom is -0.349 e. The summed E-state index contributed by atoms with van der Waals surface area (Å²) in [6.45, 7) is 4.63. The number of carbonyl (C=O) groups excluding carboxylic acids is 2. The highest BCUT2D eigenvalue weighted by molar-refractivity contribution is 8.10. The number of thioether (sulfide) groups is 2. The monoisotopic (exact) mass is 510 g/mol. The molecule has 4 nitrogen and oxygen atoms in total. The minimum atomic E-state index is -0.251. The lowest BCUT2D eigenvalue weighted by Gasteiger charge is -2.47. The van der Waals surface area contributed by atoms with Gasteiger partial charge in [-0.25, -0.2) is 0 Å². The molecule has 0 unspecified atom stereocenters. The third-order valence-electron chi connectivity index (χ3n) is 9.31. The molecule has 0 saturated heterocycles. The fourth-order valence-corrected chi connectivity index (χ4v) is 10.2. The Labute approximate surface area is 218 Å². The molecule has 0 spiro atoms. The molecule has 35 heavy (non-hydrogen) atoms. The molecule has 2 N–H and O–H groups in total. The summed E-state index contributed by atoms with van der Waals surface area (Å²) in [7, 11) is 0. The summed E-state index contributed by atoms with van der Waals surface area (Å²) in [5, 5.41) is 6.69. The van der Waals surface area contributed by atoms with Gasteiger partial charge in [-0.15, -0.1) is 23.5 Å². The summed E-state index contributed by atoms with van der Waals surface area (Å²) in [6.07, 6.45) is 19.6. The molecule has 2 aliphatic heterocycles. The summed E-state index contributed by atoms with van der Waals surface area (Å²) in [4.78, 5) is 28.4. The normalized spacial score (nSPS) is 33.2. The second-order valence-electron chi connectivity index (χ2n) is 11.5. The van der Waals surface area contributed by atoms with Crippen molar-refractivity contribution in [3.63, 3.8) is 0 Å². The Hall–Kier alpha value is -1.40. The van der Waals surface area contributed by atoms with Crippen molar-refractivity contribution in [3.05, 3.63) is 44.3 Å². The van der Waals surface area contributed by atoms with Gasteiger partial charge in [0.1, 0.15) is 0 Å². The van der Waals surface area contributed by atoms with Crippen molar-refractivity contribution in [2.45, 2.75) is 119 Å². The Bertz CT molecular complexity index is 990. The van der Waals surface area contributed by atoms with E-state index in [0.29, 0.717) is 12.1 Å². The molecule has 6 heteroatoms. The van der Waals surface area contributed by atoms with Gasteiger partial charge in [-0.3, -0.25) is 9.59 Å². The van der Waals surface area contributed by atoms with Gasteiger partial charge < -0.3 is 10.6 Å². The van der Waals surface area contributed by atoms with Crippen LogP contribution < -0.4 is 10.6 Å². The molecule has 2 heterocycles. The van der Waals surface area contributed by atoms with Crippen LogP contribution in [0.3, 0.4) is 0 Å². The van der Waals surface area contributed by atoms with Crippen LogP contribution in [0.5, 0.6) is 0 Å². The van der Waals surface area contributed by atoms with Gasteiger partial charge in [0.05, 0.1) is 19.3 Å². The van der Waals surface area contributed by atoms with E-state index in [2.05, 4.69) is 36.6 Å². The number of rotatable bonds is 4. The zero-order chi connectivity index (χ0) is 24.2. The van der Waals surface area contributed by atoms with Crippen LogP contribution in [0.15, 0.2) is 44.3 Å². The van der Waals surface area contributed by atoms with E-state index >= 15 is 0 Å². The van der Waals surface area contributed by atoms with Crippen LogP contribution in [-0.4, -0.2) is 33.4 Å². The summed E-state index contributed by atoms with van der Waals surface area (Å²) in [5.41, 5.74) is 5.56. The first-order valence-electron chi connectivity index (χ1n) is 13.8. The van der Waals surface area contributed by atoms with E-state index in [-0.39, 0.29) is 21.3 Å². The van der Waals surface area contributed by atoms with Crippen molar-refractivity contribution in [2.24, 2.45) is 0 Å². The second-order valence-corrected chi connectivity index (χ2v) is 14.5. The first-order chi connectivity index (χ1) is 16.9. The number of carbonyl (C=O) groups is 2. The second kappa shape index (κ2) is 9.16. The summed E-state index contributed by atoms with van der Waals surface area (Å²) >= 11 is 3.48. The van der Waals surface area contributed by atoms with Gasteiger partial charge >= 0.3 is 0 Å². The van der Waals surface area contributed by atoms with Crippen LogP contribution in [0.2, 0.25) is 0 Å². The zero-order valence-electron chi connectivity index (χ0n) is 21.1. The Kier molecular flexibility index (Phi) is 6.28. The Balaban J connectivity index is 1.27. The number of hydrogen-bond donors (Lipinski definition) is 2. The van der Waals surface area contributed by atoms with Gasteiger partial charge in [0.25, 0.3) is 11.8 Å². The largest absolute Gasteiger partial charge is 0.349 e. The first kappa shape index (κ1) is 24.0. The van der Waals surface area contributed by atoms with Crippen LogP contribution in [0, 0.1) is 0 Å². The van der Waals surface area contributed by atoms with E-state index < -0.39 is 0 Å². The maximum Gasteiger partial charge on any atom is 0.257 e. The molecule has 3 saturated carbocycles. The molecule has 0 aromatic heterocycles. The van der Waals surface area contributed by atoms with Crippen molar-refractivity contribution in [1.29, 1.82) is 0 Å². The molecule has 2 atom stereocenters. The van der Waals surface area contributed by atoms with Gasteiger partial charge in [-0.2, -0.15) is 0 Å². The lowest BCUT2D eigenvalue weighted by molar-refractivity contribution is -0.118. The Morgan fingerprint density at radius 2 is 1.09 bits per heavy atom. The molecular weight excluding hydrogens is 472 g/mol. The highest BCUT2D eigenvalue weighted by Crippen LogP contribution is 2.68. The predicted molar refractivity (Wildman–Crippen MR) is 146 cm³/mol. The Morgan fingerprint density at radius 3 is 1.49 bits per heavy atom. The lowest BCUT2D eigenvalue weighted by Crippen LogP contribution is -2.47. The van der Waals surface area contributed by atoms with Crippen LogP contribution in [0.25, 0.3) is 0 Å². The molecule has 0 aromatic rings. The van der Waals surface area contributed by atoms with Crippen LogP contribution in [0.1, 0.15) is 97.3 Å². The zero-order valence-corrected chi connectivity index (χ0v) is 22.8. The third-order valence-corrected chi connectivity index (χ3v) is 12.6. The smallest absolute Gasteiger partial charge is 0.257 e. The maximum absolute atomic E-state index is 13.4. The molecule has 0 radical (unpaired) electrons. The van der Waals surface area contributed by atoms with E-state index in [0.717, 1.165) is 54.8 Å². The molecule has 188 valence electrons. The van der Waals surface area contributed by atoms with Gasteiger partial charge in [0.2, 0.25) is 0 Å². The van der Waals surface area contributed by atoms with Crippen molar-refractivity contribution in [3.8, 4) is 0 Å². The van der Waals surface area contributed by atoms with E-state index in [9.17, 15) is 9.59 Å². The fourth-order valence-electron chi connectivity index (χ4n) is 7.17. The van der Waals surface area contributed by atoms with Crippen LogP contribution >= 0.6 is 23.5 Å². The van der Waals surface area contributed by atoms with E-state index in [1.807, 2.05) is 0 Å². The van der Waals surface area contributed by atoms with Gasteiger partial charge in [-0.1, -0.05) is 38.5 Å². The van der Waals surface area contributed by atoms with Gasteiger partial charge in [0, 0.05) is 12.1 Å². The number of nitrogens with one attached hydrogen (secondary N) is 2. The topological polar surface area (TPSA) is 58.2 Å². The molecule has 3 fully saturated rings. The number of fused-ring (bicyclic) bond motifs is 4. The number of hydrogen-bond acceptors (Lipinski definition) is 4. The summed E-state index contributed by atoms with van der Waals surface area (Å²) in [5.74, 6) is 0.197. The molecule has 6 aliphatic rings. The van der Waals surface area contributed by atoms with Gasteiger partial charge in [0.15, 0.2) is 0 Å². The van der Waals surface area contributed by atoms with Crippen LogP contribution in [0.4, 0.5) is 0 Å². The summed E-state index contributed by atoms with van der Waals surface area (Å²) < 4.78 is -0.502. The highest BCUT2D eigenvalue weighted by atomic mass is 32.2. The van der Waals surface area contributed by atoms with E-state index in [1.165, 1.54) is 60.8 Å². The molecule has 4 aliphatic carbocycles. The average molecular weight is 511 g/mol. The standard InChI is InChI=1S/C29H38N2O2S2/c1-28-22(16-24(34-28)26(32)30-18-10-5-3-6-11-18)20-14-9-15-21(20)23-17-25(35-29(23,28)2)27(33)31-19-12-7-4-8-13-19/h16-19H,3-15H2,1-2H3,(H,30,32)(H,31,33)/t28-,29-/m0/s1. The van der Waals surface area contributed by atoms with Crippen molar-refractivity contribution in [1.82, 2.24) is 10.6 Å². The highest BCUT2D eigenvalue weighted by Gasteiger charge is 2.60. The van der Waals surface area contributed by atoms with Crippen molar-refractivity contribution >= 4 is 35.3 Å². The quantitative estimate of drug-likeness (QED) is 0.456. The average Bonchev–Trinajstić information content (AvgIpc) is 3.56. The SMILES string of the molecule is C[C@]12SC(C(=O)NC3CCCCC3)=CC1=C1CCCC1=C1C=C(C(=O)NC3CCCCC3)S[C@@]12C. The molecule has 0 aromatic carbocycles. The molecule has 6 rings (SSSR count). The maximum atomic E-state index is 13.4. The predicted octanol–water partition coefficient (Wildman–Crippen LogP) is 6.45. The number of amides is 2. The fraction of sp³-hybridized carbons (Fsp3) is 0.655. The Morgan fingerprint density at radius 1 is 0.686 bits per heavy atom. The number of allylic oxidation sites excluding steroid dienone is 4. The first-order valence-corrected chi connectivity index (χ1v) is 15.4. The van der Waals surface area contributed by atoms with Gasteiger partial charge in [-0.05, 0) is 93.2 Å². The van der Waals surface area contributed by atoms with Crippen LogP contribution in [-0.2, 0) is 9.59 Å². The van der Waals surface area contributed by atoms with E-state index in [1.54, 1.807) is 23.5 Å². The van der Waals surface area contributed by atoms with Crippen molar-refractivity contribution < 1.29 is 9.59 Å². The minimum absolute atomic E-state index is 0.0987. The van der Waals surface area contributed by atoms with E-state index in [4.69, 9.17) is 0 Å². The molecular formula is C29H38N2O2S2. The molecule has 2 amide bonds. The molecule has 0 bridgehead atoms. The summed E-state index contributed by atoms with van der Waals surface area (Å²) in [6, 6.07) is 0.629. The van der Waals surface area contributed by atoms with Crippen molar-refractivity contribution in [2.75, 3.05) is 0 Å².